The second-order valence-corrected chi connectivity index (χ2v) is 7.08. The number of rotatable bonds is 6. The van der Waals surface area contributed by atoms with E-state index < -0.39 is 0 Å². The predicted molar refractivity (Wildman–Crippen MR) is 111 cm³/mol. The Hall–Kier alpha value is -2.81. The maximum atomic E-state index is 4.77. The first-order valence-corrected chi connectivity index (χ1v) is 9.07. The number of benzene rings is 2. The number of pyridine rings is 1. The van der Waals surface area contributed by atoms with Crippen LogP contribution < -0.4 is 10.6 Å². The van der Waals surface area contributed by atoms with Gasteiger partial charge in [-0.2, -0.15) is 0 Å². The number of anilines is 2. The summed E-state index contributed by atoms with van der Waals surface area (Å²) in [5.41, 5.74) is 9.45. The number of hydrogen-bond donors (Lipinski definition) is 2. The highest BCUT2D eigenvalue weighted by atomic mass is 14.9. The van der Waals surface area contributed by atoms with Gasteiger partial charge >= 0.3 is 0 Å². The van der Waals surface area contributed by atoms with E-state index in [0.717, 1.165) is 35.9 Å². The molecule has 0 radical (unpaired) electrons. The summed E-state index contributed by atoms with van der Waals surface area (Å²) < 4.78 is 0. The van der Waals surface area contributed by atoms with Crippen LogP contribution in [0.25, 0.3) is 0 Å². The molecule has 3 nitrogen and oxygen atoms in total. The third kappa shape index (κ3) is 5.09. The van der Waals surface area contributed by atoms with Crippen molar-refractivity contribution < 1.29 is 0 Å². The Morgan fingerprint density at radius 3 is 1.38 bits per heavy atom. The van der Waals surface area contributed by atoms with Gasteiger partial charge in [0.25, 0.3) is 0 Å². The first kappa shape index (κ1) is 18.0. The average molecular weight is 345 g/mol. The Balaban J connectivity index is 1.62. The van der Waals surface area contributed by atoms with Crippen molar-refractivity contribution in [3.05, 3.63) is 88.2 Å². The number of nitrogens with zero attached hydrogens (tertiary/aromatic N) is 1. The molecular weight excluding hydrogens is 318 g/mol. The molecule has 26 heavy (non-hydrogen) atoms. The Bertz CT molecular complexity index is 788. The highest BCUT2D eigenvalue weighted by molar-refractivity contribution is 5.49. The minimum atomic E-state index is 0.723. The quantitative estimate of drug-likeness (QED) is 0.616. The van der Waals surface area contributed by atoms with Gasteiger partial charge in [0.1, 0.15) is 0 Å². The van der Waals surface area contributed by atoms with Gasteiger partial charge in [-0.3, -0.25) is 4.98 Å². The zero-order chi connectivity index (χ0) is 18.5. The summed E-state index contributed by atoms with van der Waals surface area (Å²) in [5.74, 6) is 0. The second kappa shape index (κ2) is 8.05. The van der Waals surface area contributed by atoms with Crippen LogP contribution in [-0.4, -0.2) is 4.98 Å². The van der Waals surface area contributed by atoms with E-state index in [1.165, 1.54) is 22.3 Å². The Morgan fingerprint density at radius 1 is 0.615 bits per heavy atom. The Labute approximate surface area is 156 Å². The lowest BCUT2D eigenvalue weighted by Crippen LogP contribution is -2.06. The molecule has 0 saturated carbocycles. The molecular formula is C23H27N3. The van der Waals surface area contributed by atoms with Gasteiger partial charge in [0.15, 0.2) is 0 Å². The van der Waals surface area contributed by atoms with Crippen molar-refractivity contribution in [2.24, 2.45) is 0 Å². The molecule has 3 aromatic rings. The third-order valence-electron chi connectivity index (χ3n) is 4.26. The van der Waals surface area contributed by atoms with Crippen LogP contribution in [0.2, 0.25) is 0 Å². The van der Waals surface area contributed by atoms with E-state index >= 15 is 0 Å². The fourth-order valence-electron chi connectivity index (χ4n) is 3.26. The number of aryl methyl sites for hydroxylation is 4. The van der Waals surface area contributed by atoms with Gasteiger partial charge in [-0.1, -0.05) is 18.2 Å². The standard InChI is InChI=1S/C23H27N3/c1-16-8-17(2)11-22(10-16)24-14-20-6-5-7-21(26-20)15-25-23-12-18(3)9-19(4)13-23/h5-13,24-25H,14-15H2,1-4H3. The van der Waals surface area contributed by atoms with Crippen LogP contribution in [0.1, 0.15) is 33.6 Å². The van der Waals surface area contributed by atoms with E-state index in [2.05, 4.69) is 92.9 Å². The van der Waals surface area contributed by atoms with Crippen LogP contribution in [0, 0.1) is 27.7 Å². The summed E-state index contributed by atoms with van der Waals surface area (Å²) in [5, 5.41) is 6.95. The zero-order valence-corrected chi connectivity index (χ0v) is 16.1. The van der Waals surface area contributed by atoms with Crippen LogP contribution in [0.5, 0.6) is 0 Å². The maximum Gasteiger partial charge on any atom is 0.0598 e. The van der Waals surface area contributed by atoms with E-state index in [9.17, 15) is 0 Å². The first-order valence-electron chi connectivity index (χ1n) is 9.07. The van der Waals surface area contributed by atoms with Crippen molar-refractivity contribution in [1.29, 1.82) is 0 Å². The summed E-state index contributed by atoms with van der Waals surface area (Å²) in [6.45, 7) is 9.93. The summed E-state index contributed by atoms with van der Waals surface area (Å²) >= 11 is 0. The lowest BCUT2D eigenvalue weighted by Gasteiger charge is -2.11. The highest BCUT2D eigenvalue weighted by Gasteiger charge is 2.01. The fourth-order valence-corrected chi connectivity index (χ4v) is 3.26. The van der Waals surface area contributed by atoms with Gasteiger partial charge in [-0.05, 0) is 86.3 Å². The lowest BCUT2D eigenvalue weighted by atomic mass is 10.1. The van der Waals surface area contributed by atoms with Crippen molar-refractivity contribution in [1.82, 2.24) is 4.98 Å². The molecule has 0 bridgehead atoms. The molecule has 0 aliphatic rings. The van der Waals surface area contributed by atoms with Gasteiger partial charge in [-0.25, -0.2) is 0 Å². The molecule has 0 spiro atoms. The number of nitrogens with one attached hydrogen (secondary N) is 2. The molecule has 0 fully saturated rings. The van der Waals surface area contributed by atoms with Gasteiger partial charge < -0.3 is 10.6 Å². The van der Waals surface area contributed by atoms with E-state index in [1.807, 2.05) is 0 Å². The molecule has 1 heterocycles. The van der Waals surface area contributed by atoms with Crippen molar-refractivity contribution in [3.8, 4) is 0 Å². The third-order valence-corrected chi connectivity index (χ3v) is 4.26. The molecule has 1 aromatic heterocycles. The van der Waals surface area contributed by atoms with Gasteiger partial charge in [0.2, 0.25) is 0 Å². The average Bonchev–Trinajstić information content (AvgIpc) is 2.57. The smallest absolute Gasteiger partial charge is 0.0598 e. The van der Waals surface area contributed by atoms with Crippen molar-refractivity contribution in [2.75, 3.05) is 10.6 Å². The van der Waals surface area contributed by atoms with Crippen LogP contribution in [-0.2, 0) is 13.1 Å². The number of aromatic nitrogens is 1. The Kier molecular flexibility index (Phi) is 5.57. The van der Waals surface area contributed by atoms with Crippen molar-refractivity contribution >= 4 is 11.4 Å². The van der Waals surface area contributed by atoms with Gasteiger partial charge in [0.05, 0.1) is 24.5 Å². The molecule has 2 N–H and O–H groups in total. The summed E-state index contributed by atoms with van der Waals surface area (Å²) in [4.78, 5) is 4.77. The first-order chi connectivity index (χ1) is 12.5. The molecule has 0 saturated heterocycles. The van der Waals surface area contributed by atoms with E-state index in [0.29, 0.717) is 0 Å². The fraction of sp³-hybridized carbons (Fsp3) is 0.261. The van der Waals surface area contributed by atoms with Crippen LogP contribution in [0.4, 0.5) is 11.4 Å². The molecule has 0 atom stereocenters. The molecule has 3 rings (SSSR count). The lowest BCUT2D eigenvalue weighted by molar-refractivity contribution is 0.965. The monoisotopic (exact) mass is 345 g/mol. The summed E-state index contributed by atoms with van der Waals surface area (Å²) in [7, 11) is 0. The molecule has 3 heteroatoms. The molecule has 0 unspecified atom stereocenters. The molecule has 0 amide bonds. The topological polar surface area (TPSA) is 37.0 Å². The van der Waals surface area contributed by atoms with Crippen molar-refractivity contribution in [3.63, 3.8) is 0 Å². The normalized spacial score (nSPS) is 10.6. The van der Waals surface area contributed by atoms with E-state index in [1.54, 1.807) is 0 Å². The highest BCUT2D eigenvalue weighted by Crippen LogP contribution is 2.16. The van der Waals surface area contributed by atoms with Gasteiger partial charge in [-0.15, -0.1) is 0 Å². The zero-order valence-electron chi connectivity index (χ0n) is 16.1. The van der Waals surface area contributed by atoms with Crippen LogP contribution in [0.15, 0.2) is 54.6 Å². The summed E-state index contributed by atoms with van der Waals surface area (Å²) in [6, 6.07) is 19.2. The molecule has 0 aliphatic carbocycles. The van der Waals surface area contributed by atoms with Gasteiger partial charge in [0, 0.05) is 11.4 Å². The Morgan fingerprint density at radius 2 is 1.00 bits per heavy atom. The molecule has 134 valence electrons. The maximum absolute atomic E-state index is 4.77. The SMILES string of the molecule is Cc1cc(C)cc(NCc2cccc(CNc3cc(C)cc(C)c3)n2)c1. The second-order valence-electron chi connectivity index (χ2n) is 7.08. The van der Waals surface area contributed by atoms with Crippen LogP contribution in [0.3, 0.4) is 0 Å². The van der Waals surface area contributed by atoms with Crippen LogP contribution >= 0.6 is 0 Å². The minimum Gasteiger partial charge on any atom is -0.379 e. The van der Waals surface area contributed by atoms with E-state index in [4.69, 9.17) is 4.98 Å². The molecule has 2 aromatic carbocycles. The summed E-state index contributed by atoms with van der Waals surface area (Å²) in [6.07, 6.45) is 0. The van der Waals surface area contributed by atoms with Crippen molar-refractivity contribution in [2.45, 2.75) is 40.8 Å². The number of hydrogen-bond acceptors (Lipinski definition) is 3. The largest absolute Gasteiger partial charge is 0.379 e. The minimum absolute atomic E-state index is 0.723. The predicted octanol–water partition coefficient (Wildman–Crippen LogP) is 5.54. The van der Waals surface area contributed by atoms with E-state index in [-0.39, 0.29) is 0 Å². The molecule has 0 aliphatic heterocycles.